The molecule has 1 aromatic rings. The van der Waals surface area contributed by atoms with E-state index in [9.17, 15) is 9.18 Å². The minimum Gasteiger partial charge on any atom is -0.464 e. The molecule has 0 radical (unpaired) electrons. The molecule has 2 rings (SSSR count). The van der Waals surface area contributed by atoms with Crippen molar-refractivity contribution in [3.8, 4) is 0 Å². The van der Waals surface area contributed by atoms with Crippen LogP contribution in [-0.2, 0) is 9.53 Å². The highest BCUT2D eigenvalue weighted by molar-refractivity contribution is 5.79. The monoisotopic (exact) mass is 279 g/mol. The Balaban J connectivity index is 2.15. The molecule has 1 aliphatic carbocycles. The minimum atomic E-state index is -0.376. The van der Waals surface area contributed by atoms with Gasteiger partial charge in [0, 0.05) is 5.69 Å². The number of anilines is 1. The maximum Gasteiger partial charge on any atom is 0.328 e. The van der Waals surface area contributed by atoms with E-state index >= 15 is 0 Å². The molecule has 0 aliphatic heterocycles. The van der Waals surface area contributed by atoms with Gasteiger partial charge in [0.1, 0.15) is 11.9 Å². The van der Waals surface area contributed by atoms with E-state index in [-0.39, 0.29) is 23.7 Å². The van der Waals surface area contributed by atoms with Gasteiger partial charge in [-0.2, -0.15) is 0 Å². The average Bonchev–Trinajstić information content (AvgIpc) is 2.88. The van der Waals surface area contributed by atoms with Gasteiger partial charge in [0.2, 0.25) is 0 Å². The van der Waals surface area contributed by atoms with Crippen LogP contribution in [0.5, 0.6) is 0 Å². The molecule has 1 unspecified atom stereocenters. The van der Waals surface area contributed by atoms with Gasteiger partial charge in [-0.15, -0.1) is 0 Å². The first-order valence-electron chi connectivity index (χ1n) is 7.30. The number of hydrogen-bond donors (Lipinski definition) is 1. The lowest BCUT2D eigenvalue weighted by Crippen LogP contribution is -2.37. The maximum atomic E-state index is 13.4. The van der Waals surface area contributed by atoms with Gasteiger partial charge in [0.05, 0.1) is 6.61 Å². The molecule has 20 heavy (non-hydrogen) atoms. The van der Waals surface area contributed by atoms with Crippen LogP contribution in [0.2, 0.25) is 0 Å². The first-order chi connectivity index (χ1) is 9.60. The van der Waals surface area contributed by atoms with Crippen LogP contribution < -0.4 is 5.32 Å². The number of ether oxygens (including phenoxy) is 1. The highest BCUT2D eigenvalue weighted by Crippen LogP contribution is 2.30. The number of rotatable bonds is 5. The summed E-state index contributed by atoms with van der Waals surface area (Å²) < 4.78 is 18.6. The second-order valence-corrected chi connectivity index (χ2v) is 5.44. The Bertz CT molecular complexity index is 449. The Hall–Kier alpha value is -1.58. The molecular weight excluding hydrogens is 257 g/mol. The molecular formula is C16H22FNO2. The summed E-state index contributed by atoms with van der Waals surface area (Å²) in [6, 6.07) is 4.37. The van der Waals surface area contributed by atoms with Crippen molar-refractivity contribution in [3.05, 3.63) is 29.6 Å². The van der Waals surface area contributed by atoms with Crippen LogP contribution in [0.15, 0.2) is 18.2 Å². The Kier molecular flexibility index (Phi) is 4.99. The summed E-state index contributed by atoms with van der Waals surface area (Å²) in [5.41, 5.74) is 1.48. The molecule has 1 saturated carbocycles. The topological polar surface area (TPSA) is 38.3 Å². The molecule has 0 amide bonds. The largest absolute Gasteiger partial charge is 0.464 e. The number of hydrogen-bond acceptors (Lipinski definition) is 3. The van der Waals surface area contributed by atoms with Gasteiger partial charge in [-0.05, 0) is 56.4 Å². The number of esters is 1. The summed E-state index contributed by atoms with van der Waals surface area (Å²) in [4.78, 5) is 12.1. The van der Waals surface area contributed by atoms with Crippen molar-refractivity contribution in [2.24, 2.45) is 5.92 Å². The summed E-state index contributed by atoms with van der Waals surface area (Å²) in [6.45, 7) is 4.01. The molecule has 0 aromatic heterocycles. The van der Waals surface area contributed by atoms with E-state index in [4.69, 9.17) is 4.74 Å². The van der Waals surface area contributed by atoms with Crippen molar-refractivity contribution in [1.82, 2.24) is 0 Å². The molecule has 4 heteroatoms. The molecule has 1 atom stereocenters. The van der Waals surface area contributed by atoms with E-state index in [2.05, 4.69) is 5.32 Å². The van der Waals surface area contributed by atoms with Crippen molar-refractivity contribution in [1.29, 1.82) is 0 Å². The highest BCUT2D eigenvalue weighted by Gasteiger charge is 2.31. The van der Waals surface area contributed by atoms with Crippen molar-refractivity contribution >= 4 is 11.7 Å². The number of carbonyl (C=O) groups excluding carboxylic acids is 1. The summed E-state index contributed by atoms with van der Waals surface area (Å²) in [6.07, 6.45) is 4.32. The molecule has 0 bridgehead atoms. The van der Waals surface area contributed by atoms with Gasteiger partial charge in [-0.25, -0.2) is 9.18 Å². The fourth-order valence-electron chi connectivity index (χ4n) is 2.89. The smallest absolute Gasteiger partial charge is 0.328 e. The summed E-state index contributed by atoms with van der Waals surface area (Å²) >= 11 is 0. The van der Waals surface area contributed by atoms with Crippen LogP contribution in [0, 0.1) is 18.7 Å². The van der Waals surface area contributed by atoms with E-state index in [1.807, 2.05) is 13.0 Å². The van der Waals surface area contributed by atoms with E-state index in [1.165, 1.54) is 12.1 Å². The van der Waals surface area contributed by atoms with E-state index < -0.39 is 0 Å². The number of aryl methyl sites for hydroxylation is 1. The summed E-state index contributed by atoms with van der Waals surface area (Å²) in [5.74, 6) is -0.250. The Labute approximate surface area is 119 Å². The predicted molar refractivity (Wildman–Crippen MR) is 77.1 cm³/mol. The molecule has 0 heterocycles. The van der Waals surface area contributed by atoms with Gasteiger partial charge in [0.25, 0.3) is 0 Å². The van der Waals surface area contributed by atoms with Gasteiger partial charge >= 0.3 is 5.97 Å². The third-order valence-corrected chi connectivity index (χ3v) is 3.78. The van der Waals surface area contributed by atoms with E-state index in [0.29, 0.717) is 12.3 Å². The van der Waals surface area contributed by atoms with Crippen LogP contribution in [0.4, 0.5) is 10.1 Å². The van der Waals surface area contributed by atoms with Crippen LogP contribution in [0.3, 0.4) is 0 Å². The lowest BCUT2D eigenvalue weighted by atomic mass is 9.97. The zero-order valence-corrected chi connectivity index (χ0v) is 12.1. The maximum absolute atomic E-state index is 13.4. The molecule has 0 spiro atoms. The molecule has 1 aromatic carbocycles. The number of halogens is 1. The van der Waals surface area contributed by atoms with E-state index in [1.54, 1.807) is 6.92 Å². The van der Waals surface area contributed by atoms with Crippen LogP contribution in [-0.4, -0.2) is 18.6 Å². The van der Waals surface area contributed by atoms with Gasteiger partial charge < -0.3 is 10.1 Å². The molecule has 3 nitrogen and oxygen atoms in total. The van der Waals surface area contributed by atoms with Gasteiger partial charge in [-0.3, -0.25) is 0 Å². The van der Waals surface area contributed by atoms with Crippen LogP contribution >= 0.6 is 0 Å². The zero-order chi connectivity index (χ0) is 14.5. The van der Waals surface area contributed by atoms with Crippen LogP contribution in [0.1, 0.15) is 38.2 Å². The van der Waals surface area contributed by atoms with Gasteiger partial charge in [-0.1, -0.05) is 12.8 Å². The lowest BCUT2D eigenvalue weighted by Gasteiger charge is -2.24. The number of carbonyl (C=O) groups is 1. The Morgan fingerprint density at radius 1 is 1.40 bits per heavy atom. The predicted octanol–water partition coefficient (Wildman–Crippen LogP) is 3.67. The first kappa shape index (κ1) is 14.8. The molecule has 1 N–H and O–H groups in total. The van der Waals surface area contributed by atoms with E-state index in [0.717, 1.165) is 31.2 Å². The molecule has 1 fully saturated rings. The Morgan fingerprint density at radius 3 is 2.70 bits per heavy atom. The number of benzene rings is 1. The fraction of sp³-hybridized carbons (Fsp3) is 0.562. The molecule has 110 valence electrons. The Morgan fingerprint density at radius 2 is 2.10 bits per heavy atom. The first-order valence-corrected chi connectivity index (χ1v) is 7.30. The highest BCUT2D eigenvalue weighted by atomic mass is 19.1. The second-order valence-electron chi connectivity index (χ2n) is 5.44. The third-order valence-electron chi connectivity index (χ3n) is 3.78. The van der Waals surface area contributed by atoms with Crippen molar-refractivity contribution in [2.45, 2.75) is 45.6 Å². The normalized spacial score (nSPS) is 16.9. The van der Waals surface area contributed by atoms with Crippen molar-refractivity contribution in [2.75, 3.05) is 11.9 Å². The summed E-state index contributed by atoms with van der Waals surface area (Å²) in [7, 11) is 0. The van der Waals surface area contributed by atoms with Crippen LogP contribution in [0.25, 0.3) is 0 Å². The van der Waals surface area contributed by atoms with Crippen molar-refractivity contribution in [3.63, 3.8) is 0 Å². The quantitative estimate of drug-likeness (QED) is 0.836. The average molecular weight is 279 g/mol. The lowest BCUT2D eigenvalue weighted by molar-refractivity contribution is -0.145. The fourth-order valence-corrected chi connectivity index (χ4v) is 2.89. The van der Waals surface area contributed by atoms with Gasteiger partial charge in [0.15, 0.2) is 0 Å². The third kappa shape index (κ3) is 3.71. The number of nitrogens with one attached hydrogen (secondary N) is 1. The van der Waals surface area contributed by atoms with Crippen molar-refractivity contribution < 1.29 is 13.9 Å². The second kappa shape index (κ2) is 6.73. The SMILES string of the molecule is CCOC(=O)C(Nc1cc(C)cc(F)c1)C1CCCC1. The molecule has 0 saturated heterocycles. The minimum absolute atomic E-state index is 0.235. The summed E-state index contributed by atoms with van der Waals surface area (Å²) in [5, 5.41) is 3.17. The zero-order valence-electron chi connectivity index (χ0n) is 12.1. The molecule has 1 aliphatic rings. The standard InChI is InChI=1S/C16H22FNO2/c1-3-20-16(19)15(12-6-4-5-7-12)18-14-9-11(2)8-13(17)10-14/h8-10,12,15,18H,3-7H2,1-2H3.